The highest BCUT2D eigenvalue weighted by atomic mass is 32.2. The Balaban J connectivity index is 2.06. The van der Waals surface area contributed by atoms with Crippen molar-refractivity contribution in [2.75, 3.05) is 17.2 Å². The van der Waals surface area contributed by atoms with E-state index in [4.69, 9.17) is 0 Å². The maximum absolute atomic E-state index is 12.3. The van der Waals surface area contributed by atoms with Crippen LogP contribution < -0.4 is 9.62 Å². The van der Waals surface area contributed by atoms with E-state index >= 15 is 0 Å². The minimum absolute atomic E-state index is 0.00330. The molecular weight excluding hydrogens is 292 g/mol. The molecule has 0 aromatic carbocycles. The minimum Gasteiger partial charge on any atom is -0.308 e. The SMILES string of the molecule is Cn1cc(N2CCC(NS(=O)(=O)CC(C)(C)C)C2=O)cn1. The average Bonchev–Trinajstić information content (AvgIpc) is 2.83. The lowest BCUT2D eigenvalue weighted by Gasteiger charge is -2.20. The third-order valence-electron chi connectivity index (χ3n) is 3.15. The fourth-order valence-corrected chi connectivity index (χ4v) is 4.30. The van der Waals surface area contributed by atoms with Gasteiger partial charge in [-0.15, -0.1) is 0 Å². The van der Waals surface area contributed by atoms with Crippen molar-refractivity contribution >= 4 is 21.6 Å². The number of amides is 1. The molecule has 0 radical (unpaired) electrons. The van der Waals surface area contributed by atoms with Crippen LogP contribution in [0.25, 0.3) is 0 Å². The molecule has 118 valence electrons. The molecule has 0 bridgehead atoms. The van der Waals surface area contributed by atoms with Crippen LogP contribution in [0.4, 0.5) is 5.69 Å². The van der Waals surface area contributed by atoms with Crippen LogP contribution in [0.15, 0.2) is 12.4 Å². The normalized spacial score (nSPS) is 20.3. The molecule has 1 atom stereocenters. The zero-order valence-electron chi connectivity index (χ0n) is 12.8. The van der Waals surface area contributed by atoms with E-state index < -0.39 is 16.1 Å². The lowest BCUT2D eigenvalue weighted by Crippen LogP contribution is -2.44. The van der Waals surface area contributed by atoms with Gasteiger partial charge in [-0.05, 0) is 11.8 Å². The Bertz CT molecular complexity index is 630. The lowest BCUT2D eigenvalue weighted by atomic mass is 10.0. The second-order valence-electron chi connectivity index (χ2n) is 6.64. The van der Waals surface area contributed by atoms with Gasteiger partial charge < -0.3 is 4.90 Å². The fourth-order valence-electron chi connectivity index (χ4n) is 2.42. The van der Waals surface area contributed by atoms with Crippen LogP contribution in [-0.4, -0.2) is 42.4 Å². The van der Waals surface area contributed by atoms with E-state index in [0.29, 0.717) is 18.7 Å². The molecule has 1 aromatic rings. The van der Waals surface area contributed by atoms with E-state index in [1.54, 1.807) is 29.0 Å². The molecule has 1 saturated heterocycles. The van der Waals surface area contributed by atoms with E-state index in [2.05, 4.69) is 9.82 Å². The molecule has 0 spiro atoms. The van der Waals surface area contributed by atoms with Gasteiger partial charge in [0.15, 0.2) is 0 Å². The van der Waals surface area contributed by atoms with Gasteiger partial charge >= 0.3 is 0 Å². The summed E-state index contributed by atoms with van der Waals surface area (Å²) in [7, 11) is -1.70. The molecule has 1 fully saturated rings. The summed E-state index contributed by atoms with van der Waals surface area (Å²) in [6, 6.07) is -0.683. The fraction of sp³-hybridized carbons (Fsp3) is 0.692. The number of carbonyl (C=O) groups is 1. The Hall–Kier alpha value is -1.41. The maximum Gasteiger partial charge on any atom is 0.245 e. The van der Waals surface area contributed by atoms with Crippen molar-refractivity contribution in [3.8, 4) is 0 Å². The second-order valence-corrected chi connectivity index (χ2v) is 8.39. The van der Waals surface area contributed by atoms with E-state index in [-0.39, 0.29) is 17.1 Å². The van der Waals surface area contributed by atoms with Gasteiger partial charge in [-0.25, -0.2) is 13.1 Å². The van der Waals surface area contributed by atoms with Crippen LogP contribution in [0.5, 0.6) is 0 Å². The van der Waals surface area contributed by atoms with E-state index in [1.165, 1.54) is 0 Å². The number of aryl methyl sites for hydroxylation is 1. The van der Waals surface area contributed by atoms with E-state index in [1.807, 2.05) is 20.8 Å². The van der Waals surface area contributed by atoms with Crippen molar-refractivity contribution in [2.24, 2.45) is 12.5 Å². The first-order valence-corrected chi connectivity index (χ1v) is 8.53. The van der Waals surface area contributed by atoms with Gasteiger partial charge in [0.05, 0.1) is 17.6 Å². The van der Waals surface area contributed by atoms with Crippen LogP contribution in [0.1, 0.15) is 27.2 Å². The average molecular weight is 314 g/mol. The second kappa shape index (κ2) is 5.42. The minimum atomic E-state index is -3.47. The highest BCUT2D eigenvalue weighted by molar-refractivity contribution is 7.89. The first-order valence-electron chi connectivity index (χ1n) is 6.87. The van der Waals surface area contributed by atoms with Crippen molar-refractivity contribution in [3.05, 3.63) is 12.4 Å². The summed E-state index contributed by atoms with van der Waals surface area (Å²) in [5, 5.41) is 4.03. The number of carbonyl (C=O) groups excluding carboxylic acids is 1. The number of hydrogen-bond donors (Lipinski definition) is 1. The van der Waals surface area contributed by atoms with Crippen molar-refractivity contribution < 1.29 is 13.2 Å². The predicted molar refractivity (Wildman–Crippen MR) is 80.3 cm³/mol. The Morgan fingerprint density at radius 2 is 2.10 bits per heavy atom. The quantitative estimate of drug-likeness (QED) is 0.876. The number of sulfonamides is 1. The van der Waals surface area contributed by atoms with Crippen molar-refractivity contribution in [3.63, 3.8) is 0 Å². The van der Waals surface area contributed by atoms with Crippen LogP contribution in [0, 0.1) is 5.41 Å². The van der Waals surface area contributed by atoms with Crippen LogP contribution in [0.2, 0.25) is 0 Å². The molecule has 7 nitrogen and oxygen atoms in total. The molecule has 2 rings (SSSR count). The highest BCUT2D eigenvalue weighted by Gasteiger charge is 2.36. The van der Waals surface area contributed by atoms with Gasteiger partial charge in [-0.1, -0.05) is 20.8 Å². The molecule has 1 amide bonds. The molecule has 2 heterocycles. The Morgan fingerprint density at radius 1 is 1.43 bits per heavy atom. The summed E-state index contributed by atoms with van der Waals surface area (Å²) in [5.41, 5.74) is 0.344. The summed E-state index contributed by atoms with van der Waals surface area (Å²) in [5.74, 6) is -0.225. The van der Waals surface area contributed by atoms with Gasteiger partial charge in [0.25, 0.3) is 0 Å². The number of nitrogens with one attached hydrogen (secondary N) is 1. The largest absolute Gasteiger partial charge is 0.308 e. The summed E-state index contributed by atoms with van der Waals surface area (Å²) >= 11 is 0. The molecule has 1 unspecified atom stereocenters. The Morgan fingerprint density at radius 3 is 2.62 bits per heavy atom. The molecule has 0 saturated carbocycles. The highest BCUT2D eigenvalue weighted by Crippen LogP contribution is 2.22. The zero-order chi connectivity index (χ0) is 15.8. The third-order valence-corrected chi connectivity index (χ3v) is 5.04. The summed E-state index contributed by atoms with van der Waals surface area (Å²) in [4.78, 5) is 13.9. The van der Waals surface area contributed by atoms with E-state index in [0.717, 1.165) is 0 Å². The molecule has 1 aliphatic rings. The first-order chi connectivity index (χ1) is 9.57. The zero-order valence-corrected chi connectivity index (χ0v) is 13.6. The van der Waals surface area contributed by atoms with Gasteiger partial charge in [0.2, 0.25) is 15.9 Å². The molecule has 1 aliphatic heterocycles. The summed E-state index contributed by atoms with van der Waals surface area (Å²) in [6.07, 6.45) is 3.81. The van der Waals surface area contributed by atoms with Crippen LogP contribution in [0.3, 0.4) is 0 Å². The Labute approximate surface area is 125 Å². The first kappa shape index (κ1) is 16.0. The number of nitrogens with zero attached hydrogens (tertiary/aromatic N) is 3. The number of aromatic nitrogens is 2. The summed E-state index contributed by atoms with van der Waals surface area (Å²) < 4.78 is 28.3. The smallest absolute Gasteiger partial charge is 0.245 e. The van der Waals surface area contributed by atoms with Crippen molar-refractivity contribution in [1.29, 1.82) is 0 Å². The molecule has 0 aliphatic carbocycles. The third kappa shape index (κ3) is 4.04. The summed E-state index contributed by atoms with van der Waals surface area (Å²) in [6.45, 7) is 6.05. The van der Waals surface area contributed by atoms with Gasteiger partial charge in [-0.3, -0.25) is 9.48 Å². The van der Waals surface area contributed by atoms with Gasteiger partial charge in [0.1, 0.15) is 6.04 Å². The van der Waals surface area contributed by atoms with Crippen LogP contribution >= 0.6 is 0 Å². The molecular formula is C13H22N4O3S. The number of anilines is 1. The molecule has 1 N–H and O–H groups in total. The molecule has 8 heteroatoms. The predicted octanol–water partition coefficient (Wildman–Crippen LogP) is 0.491. The van der Waals surface area contributed by atoms with E-state index in [9.17, 15) is 13.2 Å². The monoisotopic (exact) mass is 314 g/mol. The Kier molecular flexibility index (Phi) is 4.12. The molecule has 21 heavy (non-hydrogen) atoms. The maximum atomic E-state index is 12.3. The molecule has 1 aromatic heterocycles. The topological polar surface area (TPSA) is 84.3 Å². The lowest BCUT2D eigenvalue weighted by molar-refractivity contribution is -0.118. The number of hydrogen-bond acceptors (Lipinski definition) is 4. The van der Waals surface area contributed by atoms with Gasteiger partial charge in [-0.2, -0.15) is 5.10 Å². The number of rotatable bonds is 4. The van der Waals surface area contributed by atoms with Gasteiger partial charge in [0, 0.05) is 19.8 Å². The van der Waals surface area contributed by atoms with Crippen molar-refractivity contribution in [2.45, 2.75) is 33.2 Å². The standard InChI is InChI=1S/C13H22N4O3S/c1-13(2,3)9-21(19,20)15-11-5-6-17(12(11)18)10-7-14-16(4)8-10/h7-8,11,15H,5-6,9H2,1-4H3. The van der Waals surface area contributed by atoms with Crippen LogP contribution in [-0.2, 0) is 21.9 Å². The van der Waals surface area contributed by atoms with Crippen molar-refractivity contribution in [1.82, 2.24) is 14.5 Å².